The molecule has 0 spiro atoms. The summed E-state index contributed by atoms with van der Waals surface area (Å²) in [7, 11) is 1.94. The molecular weight excluding hydrogens is 509 g/mol. The molecule has 3 rings (SSSR count). The normalized spacial score (nSPS) is 16.0. The number of aliphatic imine (C=N–C) groups is 1. The van der Waals surface area contributed by atoms with E-state index in [0.717, 1.165) is 37.6 Å². The van der Waals surface area contributed by atoms with Crippen LogP contribution in [0.2, 0.25) is 0 Å². The van der Waals surface area contributed by atoms with E-state index in [9.17, 15) is 9.59 Å². The van der Waals surface area contributed by atoms with Crippen molar-refractivity contribution in [3.8, 4) is 0 Å². The summed E-state index contributed by atoms with van der Waals surface area (Å²) in [5.41, 5.74) is 7.79. The molecule has 2 amide bonds. The third-order valence-electron chi connectivity index (χ3n) is 5.07. The van der Waals surface area contributed by atoms with Gasteiger partial charge in [-0.15, -0.1) is 24.0 Å². The summed E-state index contributed by atoms with van der Waals surface area (Å²) in [4.78, 5) is 29.8. The largest absolute Gasteiger partial charge is 0.368 e. The smallest absolute Gasteiger partial charge is 0.251 e. The first-order valence-corrected chi connectivity index (χ1v) is 10.1. The Kier molecular flexibility index (Phi) is 9.28. The Hall–Kier alpha value is -2.63. The highest BCUT2D eigenvalue weighted by Crippen LogP contribution is 2.26. The Morgan fingerprint density at radius 3 is 2.61 bits per heavy atom. The molecule has 1 saturated heterocycles. The van der Waals surface area contributed by atoms with Crippen molar-refractivity contribution in [2.24, 2.45) is 17.8 Å². The number of primary amides is 1. The number of aromatic nitrogens is 2. The Morgan fingerprint density at radius 2 is 2.00 bits per heavy atom. The summed E-state index contributed by atoms with van der Waals surface area (Å²) >= 11 is 0. The number of nitrogens with two attached hydrogens (primary N) is 1. The summed E-state index contributed by atoms with van der Waals surface area (Å²) < 4.78 is 1.84. The number of carbonyl (C=O) groups excluding carboxylic acids is 2. The van der Waals surface area contributed by atoms with Crippen LogP contribution < -0.4 is 16.4 Å². The van der Waals surface area contributed by atoms with Gasteiger partial charge in [0.1, 0.15) is 0 Å². The molecule has 1 aliphatic heterocycles. The molecule has 0 radical (unpaired) electrons. The highest BCUT2D eigenvalue weighted by atomic mass is 127. The zero-order chi connectivity index (χ0) is 21.5. The number of guanidine groups is 1. The molecule has 2 heterocycles. The molecule has 31 heavy (non-hydrogen) atoms. The number of rotatable bonds is 7. The highest BCUT2D eigenvalue weighted by molar-refractivity contribution is 14.0. The summed E-state index contributed by atoms with van der Waals surface area (Å²) in [5, 5.41) is 10.1. The van der Waals surface area contributed by atoms with Gasteiger partial charge in [-0.3, -0.25) is 14.3 Å². The van der Waals surface area contributed by atoms with Gasteiger partial charge in [0, 0.05) is 44.4 Å². The first-order valence-electron chi connectivity index (χ1n) is 10.1. The fourth-order valence-electron chi connectivity index (χ4n) is 3.50. The third kappa shape index (κ3) is 6.94. The molecule has 1 aromatic carbocycles. The average Bonchev–Trinajstić information content (AvgIpc) is 3.39. The molecule has 0 aliphatic carbocycles. The van der Waals surface area contributed by atoms with Crippen LogP contribution in [0.3, 0.4) is 0 Å². The lowest BCUT2D eigenvalue weighted by Gasteiger charge is -2.21. The zero-order valence-corrected chi connectivity index (χ0v) is 20.2. The van der Waals surface area contributed by atoms with Crippen LogP contribution in [0.5, 0.6) is 0 Å². The number of benzene rings is 1. The van der Waals surface area contributed by atoms with Gasteiger partial charge in [0.05, 0.1) is 19.3 Å². The van der Waals surface area contributed by atoms with Gasteiger partial charge in [-0.2, -0.15) is 5.10 Å². The van der Waals surface area contributed by atoms with Crippen molar-refractivity contribution in [1.82, 2.24) is 25.3 Å². The van der Waals surface area contributed by atoms with Gasteiger partial charge < -0.3 is 21.3 Å². The standard InChI is InChI=1S/C21H29N7O2.HI/c1-3-23-21(28-9-8-17(14-28)18-11-26-27(2)13-18)25-10-15-4-6-16(7-5-15)20(30)24-12-19(22)29;/h4-7,11,13,17H,3,8-10,12,14H2,1-2H3,(H2,22,29)(H,23,25)(H,24,30);1H. The van der Waals surface area contributed by atoms with Crippen molar-refractivity contribution in [1.29, 1.82) is 0 Å². The van der Waals surface area contributed by atoms with Crippen molar-refractivity contribution >= 4 is 41.8 Å². The molecule has 1 aliphatic rings. The number of nitrogens with zero attached hydrogens (tertiary/aromatic N) is 4. The van der Waals surface area contributed by atoms with Gasteiger partial charge in [-0.25, -0.2) is 4.99 Å². The minimum absolute atomic E-state index is 0. The quantitative estimate of drug-likeness (QED) is 0.278. The van der Waals surface area contributed by atoms with Gasteiger partial charge in [-0.1, -0.05) is 12.1 Å². The van der Waals surface area contributed by atoms with E-state index in [1.807, 2.05) is 30.1 Å². The van der Waals surface area contributed by atoms with E-state index in [1.165, 1.54) is 5.56 Å². The van der Waals surface area contributed by atoms with Crippen LogP contribution in [0.4, 0.5) is 0 Å². The van der Waals surface area contributed by atoms with Gasteiger partial charge in [0.25, 0.3) is 5.91 Å². The molecule has 1 atom stereocenters. The lowest BCUT2D eigenvalue weighted by Crippen LogP contribution is -2.40. The zero-order valence-electron chi connectivity index (χ0n) is 17.9. The van der Waals surface area contributed by atoms with Gasteiger partial charge in [0.2, 0.25) is 5.91 Å². The van der Waals surface area contributed by atoms with Crippen LogP contribution in [0.15, 0.2) is 41.7 Å². The number of amides is 2. The number of nitrogens with one attached hydrogen (secondary N) is 2. The van der Waals surface area contributed by atoms with Crippen molar-refractivity contribution in [2.45, 2.75) is 25.8 Å². The Labute approximate surface area is 199 Å². The van der Waals surface area contributed by atoms with Crippen molar-refractivity contribution in [3.05, 3.63) is 53.3 Å². The second-order valence-electron chi connectivity index (χ2n) is 7.40. The number of halogens is 1. The van der Waals surface area contributed by atoms with Crippen LogP contribution in [-0.2, 0) is 18.4 Å². The summed E-state index contributed by atoms with van der Waals surface area (Å²) in [5.74, 6) is 0.460. The van der Waals surface area contributed by atoms with E-state index in [1.54, 1.807) is 12.1 Å². The Balaban J connectivity index is 0.00000341. The molecular formula is C21H30IN7O2. The van der Waals surface area contributed by atoms with Crippen LogP contribution in [0.25, 0.3) is 0 Å². The summed E-state index contributed by atoms with van der Waals surface area (Å²) in [6.07, 6.45) is 5.10. The number of hydrogen-bond donors (Lipinski definition) is 3. The van der Waals surface area contributed by atoms with Crippen molar-refractivity contribution < 1.29 is 9.59 Å². The minimum atomic E-state index is -0.571. The topological polar surface area (TPSA) is 118 Å². The SMILES string of the molecule is CCNC(=NCc1ccc(C(=O)NCC(N)=O)cc1)N1CCC(c2cnn(C)c2)C1.I. The first-order chi connectivity index (χ1) is 14.5. The Morgan fingerprint density at radius 1 is 1.26 bits per heavy atom. The molecule has 1 aromatic heterocycles. The minimum Gasteiger partial charge on any atom is -0.368 e. The van der Waals surface area contributed by atoms with E-state index in [4.69, 9.17) is 10.7 Å². The molecule has 10 heteroatoms. The summed E-state index contributed by atoms with van der Waals surface area (Å²) in [6, 6.07) is 7.19. The van der Waals surface area contributed by atoms with E-state index in [-0.39, 0.29) is 36.4 Å². The van der Waals surface area contributed by atoms with Crippen LogP contribution in [0.1, 0.15) is 40.7 Å². The lowest BCUT2D eigenvalue weighted by atomic mass is 10.0. The molecule has 4 N–H and O–H groups in total. The number of hydrogen-bond acceptors (Lipinski definition) is 4. The number of carbonyl (C=O) groups is 2. The third-order valence-corrected chi connectivity index (χ3v) is 5.07. The van der Waals surface area contributed by atoms with Crippen molar-refractivity contribution in [2.75, 3.05) is 26.2 Å². The first kappa shape index (κ1) is 24.6. The molecule has 0 saturated carbocycles. The van der Waals surface area contributed by atoms with Crippen molar-refractivity contribution in [3.63, 3.8) is 0 Å². The van der Waals surface area contributed by atoms with E-state index >= 15 is 0 Å². The maximum atomic E-state index is 12.0. The molecule has 2 aromatic rings. The van der Waals surface area contributed by atoms with Crippen LogP contribution in [0, 0.1) is 0 Å². The van der Waals surface area contributed by atoms with Crippen LogP contribution in [-0.4, -0.2) is 58.6 Å². The second-order valence-corrected chi connectivity index (χ2v) is 7.40. The maximum absolute atomic E-state index is 12.0. The van der Waals surface area contributed by atoms with Gasteiger partial charge >= 0.3 is 0 Å². The monoisotopic (exact) mass is 539 g/mol. The van der Waals surface area contributed by atoms with E-state index < -0.39 is 5.91 Å². The summed E-state index contributed by atoms with van der Waals surface area (Å²) in [6.45, 7) is 5.06. The lowest BCUT2D eigenvalue weighted by molar-refractivity contribution is -0.117. The molecule has 168 valence electrons. The second kappa shape index (κ2) is 11.7. The molecule has 1 fully saturated rings. The Bertz CT molecular complexity index is 911. The van der Waals surface area contributed by atoms with E-state index in [2.05, 4.69) is 33.8 Å². The fourth-order valence-corrected chi connectivity index (χ4v) is 3.50. The molecule has 0 bridgehead atoms. The fraction of sp³-hybridized carbons (Fsp3) is 0.429. The van der Waals surface area contributed by atoms with Gasteiger partial charge in [-0.05, 0) is 36.6 Å². The highest BCUT2D eigenvalue weighted by Gasteiger charge is 2.26. The molecule has 1 unspecified atom stereocenters. The predicted octanol–water partition coefficient (Wildman–Crippen LogP) is 1.21. The molecule has 9 nitrogen and oxygen atoms in total. The average molecular weight is 539 g/mol. The predicted molar refractivity (Wildman–Crippen MR) is 130 cm³/mol. The number of aryl methyl sites for hydroxylation is 1. The maximum Gasteiger partial charge on any atom is 0.251 e. The van der Waals surface area contributed by atoms with Gasteiger partial charge in [0.15, 0.2) is 5.96 Å². The number of likely N-dealkylation sites (tertiary alicyclic amines) is 1. The van der Waals surface area contributed by atoms with E-state index in [0.29, 0.717) is 18.0 Å². The van der Waals surface area contributed by atoms with Crippen LogP contribution >= 0.6 is 24.0 Å².